The molecule has 1 aromatic carbocycles. The lowest BCUT2D eigenvalue weighted by atomic mass is 10.1. The van der Waals surface area contributed by atoms with E-state index in [4.69, 9.17) is 0 Å². The monoisotopic (exact) mass is 426 g/mol. The Morgan fingerprint density at radius 3 is 2.67 bits per heavy atom. The molecule has 2 aromatic heterocycles. The van der Waals surface area contributed by atoms with E-state index in [1.165, 1.54) is 15.7 Å². The van der Waals surface area contributed by atoms with Gasteiger partial charge in [0.1, 0.15) is 0 Å². The SMILES string of the molecule is Cc1ccccc1C(=O)NNC(=O)N1CCN(Cc2cc(=O)n3ccsc3n2)CC1. The van der Waals surface area contributed by atoms with Crippen LogP contribution in [0, 0.1) is 6.92 Å². The van der Waals surface area contributed by atoms with Gasteiger partial charge in [-0.1, -0.05) is 18.2 Å². The summed E-state index contributed by atoms with van der Waals surface area (Å²) >= 11 is 1.43. The second-order valence-electron chi connectivity index (χ2n) is 7.10. The summed E-state index contributed by atoms with van der Waals surface area (Å²) in [6.07, 6.45) is 1.72. The summed E-state index contributed by atoms with van der Waals surface area (Å²) < 4.78 is 1.53. The fourth-order valence-corrected chi connectivity index (χ4v) is 4.13. The predicted molar refractivity (Wildman–Crippen MR) is 113 cm³/mol. The second-order valence-corrected chi connectivity index (χ2v) is 7.98. The summed E-state index contributed by atoms with van der Waals surface area (Å²) in [6, 6.07) is 8.41. The molecule has 0 unspecified atom stereocenters. The van der Waals surface area contributed by atoms with E-state index < -0.39 is 0 Å². The average molecular weight is 427 g/mol. The Bertz CT molecular complexity index is 1130. The third-order valence-corrected chi connectivity index (χ3v) is 5.83. The van der Waals surface area contributed by atoms with Crippen molar-refractivity contribution in [2.24, 2.45) is 0 Å². The molecule has 2 N–H and O–H groups in total. The van der Waals surface area contributed by atoms with E-state index in [9.17, 15) is 14.4 Å². The molecular formula is C20H22N6O3S. The number of rotatable bonds is 3. The number of hydrogen-bond acceptors (Lipinski definition) is 6. The lowest BCUT2D eigenvalue weighted by Gasteiger charge is -2.34. The molecular weight excluding hydrogens is 404 g/mol. The number of fused-ring (bicyclic) bond motifs is 1. The molecule has 0 aliphatic carbocycles. The number of aryl methyl sites for hydroxylation is 1. The molecule has 30 heavy (non-hydrogen) atoms. The molecule has 1 fully saturated rings. The van der Waals surface area contributed by atoms with E-state index in [1.54, 1.807) is 29.3 Å². The number of thiazole rings is 1. The number of carbonyl (C=O) groups excluding carboxylic acids is 2. The third kappa shape index (κ3) is 4.34. The standard InChI is InChI=1S/C20H22N6O3S/c1-14-4-2-3-5-16(14)18(28)22-23-19(29)25-8-6-24(7-9-25)13-15-12-17(27)26-10-11-30-20(26)21-15/h2-5,10-12H,6-9,13H2,1H3,(H,22,28)(H,23,29). The Morgan fingerprint density at radius 2 is 1.90 bits per heavy atom. The Hall–Kier alpha value is -3.24. The van der Waals surface area contributed by atoms with Gasteiger partial charge in [0, 0.05) is 55.9 Å². The van der Waals surface area contributed by atoms with Gasteiger partial charge in [0.25, 0.3) is 11.5 Å². The summed E-state index contributed by atoms with van der Waals surface area (Å²) in [4.78, 5) is 45.7. The van der Waals surface area contributed by atoms with E-state index >= 15 is 0 Å². The predicted octanol–water partition coefficient (Wildman–Crippen LogP) is 1.24. The highest BCUT2D eigenvalue weighted by atomic mass is 32.1. The van der Waals surface area contributed by atoms with Crippen LogP contribution in [0.15, 0.2) is 46.7 Å². The van der Waals surface area contributed by atoms with E-state index in [0.717, 1.165) is 11.3 Å². The molecule has 3 heterocycles. The molecule has 0 radical (unpaired) electrons. The van der Waals surface area contributed by atoms with Crippen molar-refractivity contribution in [3.8, 4) is 0 Å². The van der Waals surface area contributed by atoms with Crippen LogP contribution in [0.1, 0.15) is 21.6 Å². The first-order chi connectivity index (χ1) is 14.5. The zero-order valence-electron chi connectivity index (χ0n) is 16.5. The molecule has 4 rings (SSSR count). The molecule has 0 saturated carbocycles. The van der Waals surface area contributed by atoms with Crippen molar-refractivity contribution in [1.82, 2.24) is 30.0 Å². The van der Waals surface area contributed by atoms with Crippen molar-refractivity contribution in [1.29, 1.82) is 0 Å². The van der Waals surface area contributed by atoms with E-state index in [1.807, 2.05) is 24.4 Å². The highest BCUT2D eigenvalue weighted by Crippen LogP contribution is 2.10. The van der Waals surface area contributed by atoms with Gasteiger partial charge >= 0.3 is 6.03 Å². The lowest BCUT2D eigenvalue weighted by molar-refractivity contribution is 0.0918. The number of hydrogen-bond donors (Lipinski definition) is 2. The second kappa shape index (κ2) is 8.64. The number of nitrogens with zero attached hydrogens (tertiary/aromatic N) is 4. The number of piperazine rings is 1. The Morgan fingerprint density at radius 1 is 1.13 bits per heavy atom. The van der Waals surface area contributed by atoms with Crippen LogP contribution in [0.5, 0.6) is 0 Å². The number of urea groups is 1. The van der Waals surface area contributed by atoms with Crippen molar-refractivity contribution in [3.63, 3.8) is 0 Å². The highest BCUT2D eigenvalue weighted by Gasteiger charge is 2.22. The first kappa shape index (κ1) is 20.0. The molecule has 0 bridgehead atoms. The van der Waals surface area contributed by atoms with Gasteiger partial charge in [-0.05, 0) is 18.6 Å². The molecule has 1 aliphatic rings. The maximum Gasteiger partial charge on any atom is 0.336 e. The van der Waals surface area contributed by atoms with Gasteiger partial charge in [0.05, 0.1) is 5.69 Å². The van der Waals surface area contributed by atoms with Gasteiger partial charge in [-0.15, -0.1) is 11.3 Å². The van der Waals surface area contributed by atoms with Gasteiger partial charge in [-0.25, -0.2) is 15.2 Å². The van der Waals surface area contributed by atoms with E-state index in [0.29, 0.717) is 43.2 Å². The number of benzene rings is 1. The number of nitrogens with one attached hydrogen (secondary N) is 2. The first-order valence-electron chi connectivity index (χ1n) is 9.60. The first-order valence-corrected chi connectivity index (χ1v) is 10.5. The van der Waals surface area contributed by atoms with Gasteiger partial charge in [-0.2, -0.15) is 0 Å². The van der Waals surface area contributed by atoms with Crippen LogP contribution >= 0.6 is 11.3 Å². The third-order valence-electron chi connectivity index (χ3n) is 5.07. The number of amides is 3. The molecule has 0 atom stereocenters. The molecule has 3 aromatic rings. The van der Waals surface area contributed by atoms with Crippen molar-refractivity contribution in [3.05, 3.63) is 69.1 Å². The van der Waals surface area contributed by atoms with Gasteiger partial charge in [0.2, 0.25) is 0 Å². The topological polar surface area (TPSA) is 99.0 Å². The quantitative estimate of drug-likeness (QED) is 0.614. The maximum atomic E-state index is 12.4. The Kier molecular flexibility index (Phi) is 5.77. The van der Waals surface area contributed by atoms with Gasteiger partial charge in [-0.3, -0.25) is 24.3 Å². The van der Waals surface area contributed by atoms with Gasteiger partial charge in [0.15, 0.2) is 4.96 Å². The molecule has 1 aliphatic heterocycles. The summed E-state index contributed by atoms with van der Waals surface area (Å²) in [7, 11) is 0. The van der Waals surface area contributed by atoms with Crippen LogP contribution in [0.25, 0.3) is 4.96 Å². The van der Waals surface area contributed by atoms with Crippen molar-refractivity contribution in [2.75, 3.05) is 26.2 Å². The summed E-state index contributed by atoms with van der Waals surface area (Å²) in [6.45, 7) is 4.76. The summed E-state index contributed by atoms with van der Waals surface area (Å²) in [5.41, 5.74) is 6.95. The zero-order valence-corrected chi connectivity index (χ0v) is 17.3. The van der Waals surface area contributed by atoms with Crippen LogP contribution < -0.4 is 16.4 Å². The molecule has 156 valence electrons. The Balaban J connectivity index is 1.27. The van der Waals surface area contributed by atoms with Crippen LogP contribution in [-0.4, -0.2) is 57.3 Å². The highest BCUT2D eigenvalue weighted by molar-refractivity contribution is 7.15. The fourth-order valence-electron chi connectivity index (χ4n) is 3.39. The maximum absolute atomic E-state index is 12.4. The molecule has 1 saturated heterocycles. The number of carbonyl (C=O) groups is 2. The van der Waals surface area contributed by atoms with Gasteiger partial charge < -0.3 is 4.90 Å². The summed E-state index contributed by atoms with van der Waals surface area (Å²) in [5.74, 6) is -0.346. The molecule has 0 spiro atoms. The van der Waals surface area contributed by atoms with Crippen LogP contribution in [-0.2, 0) is 6.54 Å². The lowest BCUT2D eigenvalue weighted by Crippen LogP contribution is -2.55. The van der Waals surface area contributed by atoms with Crippen LogP contribution in [0.4, 0.5) is 4.79 Å². The molecule has 3 amide bonds. The fraction of sp³-hybridized carbons (Fsp3) is 0.300. The smallest absolute Gasteiger partial charge is 0.321 e. The number of aromatic nitrogens is 2. The Labute approximate surface area is 176 Å². The average Bonchev–Trinajstić information content (AvgIpc) is 3.22. The van der Waals surface area contributed by atoms with E-state index in [2.05, 4.69) is 20.7 Å². The summed E-state index contributed by atoms with van der Waals surface area (Å²) in [5, 5.41) is 1.84. The van der Waals surface area contributed by atoms with Crippen molar-refractivity contribution < 1.29 is 9.59 Å². The largest absolute Gasteiger partial charge is 0.336 e. The van der Waals surface area contributed by atoms with Crippen molar-refractivity contribution >= 4 is 28.2 Å². The zero-order chi connectivity index (χ0) is 21.1. The minimum absolute atomic E-state index is 0.0846. The van der Waals surface area contributed by atoms with Crippen molar-refractivity contribution in [2.45, 2.75) is 13.5 Å². The van der Waals surface area contributed by atoms with Crippen LogP contribution in [0.2, 0.25) is 0 Å². The molecule has 9 nitrogen and oxygen atoms in total. The van der Waals surface area contributed by atoms with Crippen LogP contribution in [0.3, 0.4) is 0 Å². The normalized spacial score (nSPS) is 14.6. The minimum Gasteiger partial charge on any atom is -0.321 e. The minimum atomic E-state index is -0.346. The number of hydrazine groups is 1. The molecule has 10 heteroatoms. The van der Waals surface area contributed by atoms with E-state index in [-0.39, 0.29) is 17.5 Å².